The number of nitrogens with zero attached hydrogens (tertiary/aromatic N) is 4. The highest BCUT2D eigenvalue weighted by molar-refractivity contribution is 6.04. The fourth-order valence-electron chi connectivity index (χ4n) is 4.82. The average Bonchev–Trinajstić information content (AvgIpc) is 3.15. The van der Waals surface area contributed by atoms with Crippen molar-refractivity contribution >= 4 is 23.1 Å². The number of hydrogen-bond acceptors (Lipinski definition) is 6. The van der Waals surface area contributed by atoms with E-state index in [4.69, 9.17) is 4.99 Å². The summed E-state index contributed by atoms with van der Waals surface area (Å²) in [4.78, 5) is 36.3. The molecule has 8 nitrogen and oxygen atoms in total. The van der Waals surface area contributed by atoms with Crippen LogP contribution in [0.25, 0.3) is 11.3 Å². The van der Waals surface area contributed by atoms with Crippen LogP contribution in [0, 0.1) is 11.7 Å². The van der Waals surface area contributed by atoms with Gasteiger partial charge in [0.2, 0.25) is 0 Å². The van der Waals surface area contributed by atoms with Gasteiger partial charge in [0, 0.05) is 43.2 Å². The number of H-pyrrole nitrogens is 1. The first-order valence-corrected chi connectivity index (χ1v) is 13.9. The third kappa shape index (κ3) is 7.08. The highest BCUT2D eigenvalue weighted by Gasteiger charge is 2.15. The van der Waals surface area contributed by atoms with Gasteiger partial charge in [-0.25, -0.2) is 14.5 Å². The van der Waals surface area contributed by atoms with Gasteiger partial charge in [-0.1, -0.05) is 12.5 Å². The lowest BCUT2D eigenvalue weighted by Gasteiger charge is -2.15. The van der Waals surface area contributed by atoms with Crippen molar-refractivity contribution in [1.82, 2.24) is 15.2 Å². The molecule has 3 aromatic rings. The van der Waals surface area contributed by atoms with Crippen LogP contribution in [0.4, 0.5) is 15.9 Å². The fourth-order valence-corrected chi connectivity index (χ4v) is 4.82. The molecule has 0 radical (unpaired) electrons. The molecule has 2 N–H and O–H groups in total. The van der Waals surface area contributed by atoms with Gasteiger partial charge >= 0.3 is 0 Å². The minimum atomic E-state index is -0.574. The van der Waals surface area contributed by atoms with Gasteiger partial charge in [0.05, 0.1) is 16.9 Å². The second-order valence-corrected chi connectivity index (χ2v) is 10.2. The highest BCUT2D eigenvalue weighted by atomic mass is 19.1. The highest BCUT2D eigenvalue weighted by Crippen LogP contribution is 2.25. The van der Waals surface area contributed by atoms with E-state index in [9.17, 15) is 14.0 Å². The summed E-state index contributed by atoms with van der Waals surface area (Å²) in [7, 11) is 1.91. The Morgan fingerprint density at radius 2 is 2.00 bits per heavy atom. The van der Waals surface area contributed by atoms with E-state index in [0.717, 1.165) is 50.3 Å². The van der Waals surface area contributed by atoms with Crippen LogP contribution in [0.3, 0.4) is 0 Å². The summed E-state index contributed by atoms with van der Waals surface area (Å²) in [6, 6.07) is 9.50. The lowest BCUT2D eigenvalue weighted by Crippen LogP contribution is -2.18. The smallest absolute Gasteiger partial charge is 0.267 e. The topological polar surface area (TPSA) is 103 Å². The molecule has 0 spiro atoms. The van der Waals surface area contributed by atoms with Gasteiger partial charge in [-0.2, -0.15) is 5.10 Å². The van der Waals surface area contributed by atoms with E-state index in [-0.39, 0.29) is 11.2 Å². The molecular weight excluding hydrogens is 507 g/mol. The van der Waals surface area contributed by atoms with Crippen LogP contribution in [-0.4, -0.2) is 46.9 Å². The second-order valence-electron chi connectivity index (χ2n) is 10.2. The van der Waals surface area contributed by atoms with Crippen molar-refractivity contribution in [2.75, 3.05) is 30.4 Å². The summed E-state index contributed by atoms with van der Waals surface area (Å²) in [5.41, 5.74) is 4.21. The standard InChI is InChI=1S/C31H37FN6O2/c1-5-21-14-15-33-25(16-20(21)3)9-7-8-23-18-27(36-37-31(23)40)22-10-12-26(32)28(17-22)35-30(39)24-11-13-29(34-19-24)38(4)6-2/h10-13,16-19,21H,5-9,14-15H2,1-4H3,(H,35,39)(H,37,40). The minimum Gasteiger partial charge on any atom is -0.360 e. The molecule has 3 heterocycles. The van der Waals surface area contributed by atoms with E-state index >= 15 is 0 Å². The zero-order valence-electron chi connectivity index (χ0n) is 23.6. The zero-order chi connectivity index (χ0) is 28.6. The van der Waals surface area contributed by atoms with Crippen LogP contribution in [0.2, 0.25) is 0 Å². The lowest BCUT2D eigenvalue weighted by atomic mass is 9.93. The molecule has 1 aliphatic rings. The number of aryl methyl sites for hydroxylation is 1. The normalized spacial score (nSPS) is 15.2. The molecule has 1 unspecified atom stereocenters. The molecule has 0 saturated heterocycles. The molecule has 9 heteroatoms. The lowest BCUT2D eigenvalue weighted by molar-refractivity contribution is 0.102. The van der Waals surface area contributed by atoms with Gasteiger partial charge < -0.3 is 10.2 Å². The van der Waals surface area contributed by atoms with Crippen molar-refractivity contribution in [1.29, 1.82) is 0 Å². The predicted octanol–water partition coefficient (Wildman–Crippen LogP) is 5.82. The van der Waals surface area contributed by atoms with Crippen LogP contribution < -0.4 is 15.8 Å². The third-order valence-electron chi connectivity index (χ3n) is 7.47. The van der Waals surface area contributed by atoms with Crippen LogP contribution in [-0.2, 0) is 6.42 Å². The molecule has 4 rings (SSSR count). The molecule has 1 aliphatic heterocycles. The Hall–Kier alpha value is -4.14. The number of hydrogen-bond donors (Lipinski definition) is 2. The number of carbonyl (C=O) groups is 1. The second kappa shape index (κ2) is 13.3. The number of aromatic amines is 1. The Balaban J connectivity index is 1.45. The summed E-state index contributed by atoms with van der Waals surface area (Å²) >= 11 is 0. The molecule has 1 amide bonds. The van der Waals surface area contributed by atoms with E-state index in [0.29, 0.717) is 34.7 Å². The van der Waals surface area contributed by atoms with Crippen LogP contribution in [0.1, 0.15) is 62.4 Å². The van der Waals surface area contributed by atoms with Crippen LogP contribution >= 0.6 is 0 Å². The number of aliphatic imine (C=N–C) groups is 1. The maximum atomic E-state index is 14.6. The number of halogens is 1. The first kappa shape index (κ1) is 28.9. The van der Waals surface area contributed by atoms with Crippen LogP contribution in [0.5, 0.6) is 0 Å². The predicted molar refractivity (Wildman–Crippen MR) is 159 cm³/mol. The summed E-state index contributed by atoms with van der Waals surface area (Å²) < 4.78 is 14.6. The van der Waals surface area contributed by atoms with E-state index in [1.165, 1.54) is 23.9 Å². The largest absolute Gasteiger partial charge is 0.360 e. The van der Waals surface area contributed by atoms with E-state index < -0.39 is 11.7 Å². The monoisotopic (exact) mass is 544 g/mol. The van der Waals surface area contributed by atoms with Gasteiger partial charge in [-0.3, -0.25) is 14.6 Å². The number of anilines is 2. The van der Waals surface area contributed by atoms with Crippen molar-refractivity contribution in [3.63, 3.8) is 0 Å². The van der Waals surface area contributed by atoms with E-state index in [1.807, 2.05) is 18.9 Å². The van der Waals surface area contributed by atoms with Crippen molar-refractivity contribution in [3.8, 4) is 11.3 Å². The van der Waals surface area contributed by atoms with Crippen molar-refractivity contribution in [3.05, 3.63) is 81.5 Å². The average molecular weight is 545 g/mol. The molecule has 2 aromatic heterocycles. The number of rotatable bonds is 10. The molecule has 0 saturated carbocycles. The quantitative estimate of drug-likeness (QED) is 0.335. The van der Waals surface area contributed by atoms with Crippen molar-refractivity contribution < 1.29 is 9.18 Å². The Labute approximate surface area is 234 Å². The van der Waals surface area contributed by atoms with Crippen molar-refractivity contribution in [2.45, 2.75) is 52.9 Å². The SMILES string of the molecule is CCC1CCN=C(CCCc2cc(-c3ccc(F)c(NC(=O)c4ccc(N(C)CC)nc4)c3)n[nH]c2=O)C=C1C. The molecule has 40 heavy (non-hydrogen) atoms. The summed E-state index contributed by atoms with van der Waals surface area (Å²) in [6.45, 7) is 8.01. The zero-order valence-corrected chi connectivity index (χ0v) is 23.6. The third-order valence-corrected chi connectivity index (χ3v) is 7.47. The Morgan fingerprint density at radius 3 is 2.73 bits per heavy atom. The number of aromatic nitrogens is 3. The maximum Gasteiger partial charge on any atom is 0.267 e. The molecule has 0 bridgehead atoms. The number of benzene rings is 1. The van der Waals surface area contributed by atoms with E-state index in [1.54, 1.807) is 24.3 Å². The van der Waals surface area contributed by atoms with E-state index in [2.05, 4.69) is 40.4 Å². The molecule has 0 aliphatic carbocycles. The van der Waals surface area contributed by atoms with Crippen LogP contribution in [0.15, 0.2) is 64.0 Å². The van der Waals surface area contributed by atoms with Gasteiger partial charge in [0.25, 0.3) is 11.5 Å². The Morgan fingerprint density at radius 1 is 1.18 bits per heavy atom. The van der Waals surface area contributed by atoms with Crippen molar-refractivity contribution in [2.24, 2.45) is 10.9 Å². The fraction of sp³-hybridized carbons (Fsp3) is 0.387. The minimum absolute atomic E-state index is 0.0192. The van der Waals surface area contributed by atoms with Gasteiger partial charge in [-0.15, -0.1) is 0 Å². The van der Waals surface area contributed by atoms with Gasteiger partial charge in [-0.05, 0) is 94.3 Å². The van der Waals surface area contributed by atoms with Gasteiger partial charge in [0.15, 0.2) is 0 Å². The number of pyridine rings is 1. The molecule has 0 fully saturated rings. The van der Waals surface area contributed by atoms with Gasteiger partial charge in [0.1, 0.15) is 11.6 Å². The first-order valence-electron chi connectivity index (χ1n) is 13.9. The first-order chi connectivity index (χ1) is 19.3. The summed E-state index contributed by atoms with van der Waals surface area (Å²) in [5.74, 6) is 0.281. The number of carbonyl (C=O) groups excluding carboxylic acids is 1. The number of allylic oxidation sites excluding steroid dienone is 2. The molecule has 210 valence electrons. The Kier molecular flexibility index (Phi) is 9.58. The maximum absolute atomic E-state index is 14.6. The molecule has 1 atom stereocenters. The molecular formula is C31H37FN6O2. The number of nitrogens with one attached hydrogen (secondary N) is 2. The Bertz CT molecular complexity index is 1460. The summed E-state index contributed by atoms with van der Waals surface area (Å²) in [6.07, 6.45) is 8.00. The summed E-state index contributed by atoms with van der Waals surface area (Å²) in [5, 5.41) is 9.36. The molecule has 1 aromatic carbocycles. The number of amides is 1.